The Bertz CT molecular complexity index is 514. The Hall–Kier alpha value is -2.23. The first kappa shape index (κ1) is 14.8. The quantitative estimate of drug-likeness (QED) is 0.808. The molecule has 1 aromatic carbocycles. The average molecular weight is 254 g/mol. The van der Waals surface area contributed by atoms with Gasteiger partial charge in [-0.25, -0.2) is 0 Å². The van der Waals surface area contributed by atoms with Gasteiger partial charge in [0, 0.05) is 19.2 Å². The minimum atomic E-state index is -0.0797. The maximum absolute atomic E-state index is 11.4. The first-order valence-electron chi connectivity index (χ1n) is 6.07. The summed E-state index contributed by atoms with van der Waals surface area (Å²) in [5.41, 5.74) is 1.77. The third-order valence-electron chi connectivity index (χ3n) is 2.64. The zero-order valence-corrected chi connectivity index (χ0v) is 11.4. The molecule has 0 spiro atoms. The van der Waals surface area contributed by atoms with Crippen molar-refractivity contribution in [1.29, 1.82) is 0 Å². The maximum atomic E-state index is 11.4. The van der Waals surface area contributed by atoms with Gasteiger partial charge >= 0.3 is 0 Å². The van der Waals surface area contributed by atoms with Crippen molar-refractivity contribution in [3.05, 3.63) is 35.4 Å². The van der Waals surface area contributed by atoms with Gasteiger partial charge in [-0.05, 0) is 24.6 Å². The van der Waals surface area contributed by atoms with Crippen molar-refractivity contribution >= 4 is 5.91 Å². The molecule has 1 rings (SSSR count). The third-order valence-corrected chi connectivity index (χ3v) is 2.64. The van der Waals surface area contributed by atoms with Gasteiger partial charge in [-0.1, -0.05) is 24.0 Å². The Kier molecular flexibility index (Phi) is 6.22. The van der Waals surface area contributed by atoms with Crippen LogP contribution in [0.1, 0.15) is 22.8 Å². The van der Waals surface area contributed by atoms with Crippen LogP contribution < -0.4 is 5.32 Å². The lowest BCUT2D eigenvalue weighted by molar-refractivity contribution is 0.0963. The van der Waals surface area contributed by atoms with E-state index in [1.165, 1.54) is 0 Å². The number of hydrogen-bond acceptors (Lipinski definition) is 2. The van der Waals surface area contributed by atoms with Gasteiger partial charge in [0.05, 0.1) is 13.1 Å². The molecule has 0 aromatic heterocycles. The van der Waals surface area contributed by atoms with Gasteiger partial charge < -0.3 is 5.32 Å². The molecule has 0 heterocycles. The molecule has 0 radical (unpaired) electrons. The summed E-state index contributed by atoms with van der Waals surface area (Å²) in [5, 5.41) is 2.60. The van der Waals surface area contributed by atoms with Gasteiger partial charge in [0.1, 0.15) is 0 Å². The highest BCUT2D eigenvalue weighted by Gasteiger charge is 2.05. The molecule has 19 heavy (non-hydrogen) atoms. The van der Waals surface area contributed by atoms with Crippen molar-refractivity contribution in [1.82, 2.24) is 10.2 Å². The van der Waals surface area contributed by atoms with Crippen LogP contribution in [-0.4, -0.2) is 30.9 Å². The molecule has 1 aromatic rings. The second-order valence-corrected chi connectivity index (χ2v) is 4.05. The number of nitrogens with zero attached hydrogens (tertiary/aromatic N) is 1. The SMILES string of the molecule is C#CCN(CC#CC)Cc1ccc(C(=O)NC)cc1. The zero-order chi connectivity index (χ0) is 14.1. The van der Waals surface area contributed by atoms with Gasteiger partial charge in [-0.2, -0.15) is 0 Å². The minimum Gasteiger partial charge on any atom is -0.355 e. The number of nitrogens with one attached hydrogen (secondary N) is 1. The van der Waals surface area contributed by atoms with Crippen LogP contribution >= 0.6 is 0 Å². The molecular formula is C16H18N2O. The van der Waals surface area contributed by atoms with Crippen LogP contribution in [0.5, 0.6) is 0 Å². The van der Waals surface area contributed by atoms with E-state index in [2.05, 4.69) is 28.0 Å². The molecular weight excluding hydrogens is 236 g/mol. The molecule has 0 aliphatic rings. The minimum absolute atomic E-state index is 0.0797. The standard InChI is InChI=1S/C16H18N2O/c1-4-6-12-18(11-5-2)13-14-7-9-15(10-8-14)16(19)17-3/h2,7-10H,11-13H2,1,3H3,(H,17,19). The van der Waals surface area contributed by atoms with Crippen molar-refractivity contribution in [3.8, 4) is 24.2 Å². The van der Waals surface area contributed by atoms with E-state index in [1.54, 1.807) is 7.05 Å². The Labute approximate surface area is 115 Å². The first-order valence-corrected chi connectivity index (χ1v) is 6.07. The predicted octanol–water partition coefficient (Wildman–Crippen LogP) is 1.50. The van der Waals surface area contributed by atoms with E-state index in [0.29, 0.717) is 18.7 Å². The number of rotatable bonds is 5. The lowest BCUT2D eigenvalue weighted by Crippen LogP contribution is -2.24. The van der Waals surface area contributed by atoms with Gasteiger partial charge in [0.2, 0.25) is 0 Å². The molecule has 0 bridgehead atoms. The highest BCUT2D eigenvalue weighted by atomic mass is 16.1. The van der Waals surface area contributed by atoms with Crippen molar-refractivity contribution in [2.45, 2.75) is 13.5 Å². The van der Waals surface area contributed by atoms with Crippen LogP contribution in [0.15, 0.2) is 24.3 Å². The van der Waals surface area contributed by atoms with Gasteiger partial charge in [-0.15, -0.1) is 12.3 Å². The molecule has 0 saturated heterocycles. The van der Waals surface area contributed by atoms with Crippen molar-refractivity contribution in [2.24, 2.45) is 0 Å². The number of amides is 1. The number of carbonyl (C=O) groups excluding carboxylic acids is 1. The summed E-state index contributed by atoms with van der Waals surface area (Å²) < 4.78 is 0. The summed E-state index contributed by atoms with van der Waals surface area (Å²) in [6.45, 7) is 3.75. The lowest BCUT2D eigenvalue weighted by atomic mass is 10.1. The molecule has 0 atom stereocenters. The van der Waals surface area contributed by atoms with Gasteiger partial charge in [0.15, 0.2) is 0 Å². The fourth-order valence-corrected chi connectivity index (χ4v) is 1.65. The Morgan fingerprint density at radius 3 is 2.53 bits per heavy atom. The summed E-state index contributed by atoms with van der Waals surface area (Å²) >= 11 is 0. The number of hydrogen-bond donors (Lipinski definition) is 1. The zero-order valence-electron chi connectivity index (χ0n) is 11.4. The van der Waals surface area contributed by atoms with Crippen molar-refractivity contribution in [2.75, 3.05) is 20.1 Å². The highest BCUT2D eigenvalue weighted by molar-refractivity contribution is 5.93. The summed E-state index contributed by atoms with van der Waals surface area (Å²) in [7, 11) is 1.62. The number of terminal acetylenes is 1. The molecule has 1 N–H and O–H groups in total. The second kappa shape index (κ2) is 7.97. The Morgan fingerprint density at radius 2 is 2.00 bits per heavy atom. The summed E-state index contributed by atoms with van der Waals surface area (Å²) in [6.07, 6.45) is 5.34. The molecule has 0 aliphatic heterocycles. The van der Waals surface area contributed by atoms with Crippen molar-refractivity contribution < 1.29 is 4.79 Å². The molecule has 1 amide bonds. The van der Waals surface area contributed by atoms with Crippen LogP contribution in [0.25, 0.3) is 0 Å². The molecule has 3 heteroatoms. The molecule has 98 valence electrons. The second-order valence-electron chi connectivity index (χ2n) is 4.05. The maximum Gasteiger partial charge on any atom is 0.251 e. The number of benzene rings is 1. The van der Waals surface area contributed by atoms with E-state index >= 15 is 0 Å². The Balaban J connectivity index is 2.71. The summed E-state index contributed by atoms with van der Waals surface area (Å²) in [4.78, 5) is 13.5. The van der Waals surface area contributed by atoms with E-state index < -0.39 is 0 Å². The van der Waals surface area contributed by atoms with E-state index in [1.807, 2.05) is 31.2 Å². The van der Waals surface area contributed by atoms with E-state index in [4.69, 9.17) is 6.42 Å². The van der Waals surface area contributed by atoms with Crippen LogP contribution in [0.2, 0.25) is 0 Å². The van der Waals surface area contributed by atoms with Crippen molar-refractivity contribution in [3.63, 3.8) is 0 Å². The first-order chi connectivity index (χ1) is 9.21. The summed E-state index contributed by atoms with van der Waals surface area (Å²) in [6, 6.07) is 7.50. The topological polar surface area (TPSA) is 32.3 Å². The summed E-state index contributed by atoms with van der Waals surface area (Å²) in [5.74, 6) is 8.42. The largest absolute Gasteiger partial charge is 0.355 e. The predicted molar refractivity (Wildman–Crippen MR) is 77.4 cm³/mol. The number of carbonyl (C=O) groups is 1. The smallest absolute Gasteiger partial charge is 0.251 e. The van der Waals surface area contributed by atoms with E-state index in [0.717, 1.165) is 12.1 Å². The van der Waals surface area contributed by atoms with E-state index in [9.17, 15) is 4.79 Å². The normalized spacial score (nSPS) is 9.37. The van der Waals surface area contributed by atoms with Crippen LogP contribution in [0.4, 0.5) is 0 Å². The molecule has 0 fully saturated rings. The highest BCUT2D eigenvalue weighted by Crippen LogP contribution is 2.07. The molecule has 0 unspecified atom stereocenters. The van der Waals surface area contributed by atoms with Crippen LogP contribution in [0, 0.1) is 24.2 Å². The molecule has 0 saturated carbocycles. The van der Waals surface area contributed by atoms with Gasteiger partial charge in [-0.3, -0.25) is 9.69 Å². The van der Waals surface area contributed by atoms with Crippen LogP contribution in [-0.2, 0) is 6.54 Å². The van der Waals surface area contributed by atoms with Gasteiger partial charge in [0.25, 0.3) is 5.91 Å². The molecule has 3 nitrogen and oxygen atoms in total. The Morgan fingerprint density at radius 1 is 1.32 bits per heavy atom. The monoisotopic (exact) mass is 254 g/mol. The third kappa shape index (κ3) is 4.87. The average Bonchev–Trinajstić information content (AvgIpc) is 2.45. The molecule has 0 aliphatic carbocycles. The van der Waals surface area contributed by atoms with Crippen LogP contribution in [0.3, 0.4) is 0 Å². The lowest BCUT2D eigenvalue weighted by Gasteiger charge is -2.16. The fourth-order valence-electron chi connectivity index (χ4n) is 1.65. The van der Waals surface area contributed by atoms with E-state index in [-0.39, 0.29) is 5.91 Å². The fraction of sp³-hybridized carbons (Fsp3) is 0.312.